The highest BCUT2D eigenvalue weighted by Crippen LogP contribution is 2.25. The van der Waals surface area contributed by atoms with Crippen LogP contribution in [0.4, 0.5) is 5.69 Å². The summed E-state index contributed by atoms with van der Waals surface area (Å²) in [5.74, 6) is 0.0711. The Balaban J connectivity index is 1.24. The molecular formula is C28H24ClN7O. The van der Waals surface area contributed by atoms with Gasteiger partial charge in [0.05, 0.1) is 11.0 Å². The van der Waals surface area contributed by atoms with E-state index >= 15 is 0 Å². The number of rotatable bonds is 8. The third-order valence-electron chi connectivity index (χ3n) is 6.38. The number of hydrogen-bond acceptors (Lipinski definition) is 4. The van der Waals surface area contributed by atoms with Crippen LogP contribution in [0.3, 0.4) is 0 Å². The highest BCUT2D eigenvalue weighted by molar-refractivity contribution is 6.31. The van der Waals surface area contributed by atoms with E-state index in [1.807, 2.05) is 69.9 Å². The fraction of sp³-hybridized carbons (Fsp3) is 0.143. The molecule has 184 valence electrons. The first-order valence-corrected chi connectivity index (χ1v) is 12.4. The molecule has 3 heterocycles. The van der Waals surface area contributed by atoms with Gasteiger partial charge < -0.3 is 14.5 Å². The molecule has 0 atom stereocenters. The smallest absolute Gasteiger partial charge is 0.291 e. The Morgan fingerprint density at radius 3 is 2.68 bits per heavy atom. The number of hydrogen-bond donors (Lipinski definition) is 1. The molecule has 0 aliphatic rings. The van der Waals surface area contributed by atoms with Crippen LogP contribution in [-0.4, -0.2) is 34.8 Å². The Morgan fingerprint density at radius 1 is 0.946 bits per heavy atom. The number of imidazole rings is 1. The van der Waals surface area contributed by atoms with Gasteiger partial charge in [0.2, 0.25) is 5.82 Å². The van der Waals surface area contributed by atoms with Crippen molar-refractivity contribution in [2.75, 3.05) is 5.32 Å². The van der Waals surface area contributed by atoms with Crippen molar-refractivity contribution in [1.29, 1.82) is 0 Å². The number of nitrogens with one attached hydrogen (secondary N) is 1. The molecule has 6 rings (SSSR count). The maximum absolute atomic E-state index is 13.4. The molecule has 0 aliphatic carbocycles. The van der Waals surface area contributed by atoms with Crippen molar-refractivity contribution >= 4 is 45.1 Å². The van der Waals surface area contributed by atoms with E-state index in [-0.39, 0.29) is 5.91 Å². The van der Waals surface area contributed by atoms with Gasteiger partial charge in [0.15, 0.2) is 0 Å². The summed E-state index contributed by atoms with van der Waals surface area (Å²) in [5.41, 5.74) is 4.45. The molecule has 0 bridgehead atoms. The van der Waals surface area contributed by atoms with E-state index in [2.05, 4.69) is 37.2 Å². The number of anilines is 1. The summed E-state index contributed by atoms with van der Waals surface area (Å²) in [6.07, 6.45) is 6.28. The van der Waals surface area contributed by atoms with E-state index in [0.29, 0.717) is 23.1 Å². The summed E-state index contributed by atoms with van der Waals surface area (Å²) in [5, 5.41) is 8.85. The van der Waals surface area contributed by atoms with Crippen LogP contribution in [0.15, 0.2) is 91.6 Å². The summed E-state index contributed by atoms with van der Waals surface area (Å²) in [6, 6.07) is 23.5. The van der Waals surface area contributed by atoms with Gasteiger partial charge in [-0.3, -0.25) is 9.48 Å². The topological polar surface area (TPSA) is 82.6 Å². The lowest BCUT2D eigenvalue weighted by Gasteiger charge is -2.11. The summed E-state index contributed by atoms with van der Waals surface area (Å²) in [7, 11) is 0. The molecule has 0 saturated carbocycles. The van der Waals surface area contributed by atoms with Crippen molar-refractivity contribution < 1.29 is 4.79 Å². The molecule has 3 aromatic heterocycles. The van der Waals surface area contributed by atoms with Crippen LogP contribution in [0.5, 0.6) is 0 Å². The van der Waals surface area contributed by atoms with Gasteiger partial charge in [0.1, 0.15) is 12.7 Å². The van der Waals surface area contributed by atoms with E-state index in [9.17, 15) is 4.79 Å². The average molecular weight is 510 g/mol. The number of benzene rings is 3. The van der Waals surface area contributed by atoms with E-state index < -0.39 is 0 Å². The Bertz CT molecular complexity index is 1690. The van der Waals surface area contributed by atoms with Gasteiger partial charge in [0, 0.05) is 47.4 Å². The maximum Gasteiger partial charge on any atom is 0.291 e. The quantitative estimate of drug-likeness (QED) is 0.288. The van der Waals surface area contributed by atoms with Gasteiger partial charge in [-0.15, -0.1) is 0 Å². The number of halogens is 1. The Morgan fingerprint density at radius 2 is 1.84 bits per heavy atom. The minimum atomic E-state index is -0.269. The van der Waals surface area contributed by atoms with Crippen LogP contribution in [0.2, 0.25) is 5.02 Å². The maximum atomic E-state index is 13.4. The summed E-state index contributed by atoms with van der Waals surface area (Å²) in [6.45, 7) is 2.18. The van der Waals surface area contributed by atoms with E-state index in [1.54, 1.807) is 18.7 Å². The molecule has 0 radical (unpaired) electrons. The SMILES string of the molecule is O=C(Nc1ccc2c(ccn2CCCn2cncn2)c1)c1nc2ccc(Cl)cc2n1Cc1ccccc1. The summed E-state index contributed by atoms with van der Waals surface area (Å²) in [4.78, 5) is 22.1. The molecule has 1 amide bonds. The number of carbonyl (C=O) groups is 1. The zero-order valence-electron chi connectivity index (χ0n) is 20.0. The highest BCUT2D eigenvalue weighted by Gasteiger charge is 2.19. The van der Waals surface area contributed by atoms with E-state index in [1.165, 1.54) is 0 Å². The van der Waals surface area contributed by atoms with Gasteiger partial charge in [-0.1, -0.05) is 41.9 Å². The standard InChI is InChI=1S/C28H24ClN7O/c29-22-7-9-24-26(16-22)36(17-20-5-2-1-3-6-20)27(33-24)28(37)32-23-8-10-25-21(15-23)11-14-34(25)12-4-13-35-19-30-18-31-35/h1-3,5-11,14-16,18-19H,4,12-13,17H2,(H,32,37). The number of aryl methyl sites for hydroxylation is 2. The van der Waals surface area contributed by atoms with Crippen molar-refractivity contribution in [2.45, 2.75) is 26.1 Å². The van der Waals surface area contributed by atoms with Gasteiger partial charge in [-0.05, 0) is 54.4 Å². The fourth-order valence-corrected chi connectivity index (χ4v) is 4.77. The minimum Gasteiger partial charge on any atom is -0.347 e. The predicted octanol–water partition coefficient (Wildman–Crippen LogP) is 5.63. The molecule has 0 saturated heterocycles. The third kappa shape index (κ3) is 4.83. The zero-order chi connectivity index (χ0) is 25.2. The first-order valence-electron chi connectivity index (χ1n) is 12.1. The van der Waals surface area contributed by atoms with Gasteiger partial charge in [-0.25, -0.2) is 9.97 Å². The minimum absolute atomic E-state index is 0.269. The number of aromatic nitrogens is 6. The molecule has 8 nitrogen and oxygen atoms in total. The first-order chi connectivity index (χ1) is 18.1. The zero-order valence-corrected chi connectivity index (χ0v) is 20.7. The van der Waals surface area contributed by atoms with Gasteiger partial charge in [-0.2, -0.15) is 5.10 Å². The molecule has 0 aliphatic heterocycles. The molecule has 1 N–H and O–H groups in total. The Labute approximate surface area is 218 Å². The fourth-order valence-electron chi connectivity index (χ4n) is 4.61. The van der Waals surface area contributed by atoms with Crippen LogP contribution in [0.25, 0.3) is 21.9 Å². The van der Waals surface area contributed by atoms with Crippen LogP contribution < -0.4 is 5.32 Å². The molecule has 0 spiro atoms. The van der Waals surface area contributed by atoms with E-state index in [0.717, 1.165) is 47.0 Å². The lowest BCUT2D eigenvalue weighted by molar-refractivity contribution is 0.101. The molecule has 0 unspecified atom stereocenters. The Hall–Kier alpha value is -4.43. The van der Waals surface area contributed by atoms with Crippen LogP contribution in [0, 0.1) is 0 Å². The summed E-state index contributed by atoms with van der Waals surface area (Å²) < 4.78 is 5.95. The molecule has 9 heteroatoms. The van der Waals surface area contributed by atoms with Crippen molar-refractivity contribution in [3.63, 3.8) is 0 Å². The van der Waals surface area contributed by atoms with Crippen LogP contribution in [-0.2, 0) is 19.6 Å². The van der Waals surface area contributed by atoms with Crippen molar-refractivity contribution in [1.82, 2.24) is 28.9 Å². The molecule has 6 aromatic rings. The van der Waals surface area contributed by atoms with Crippen LogP contribution >= 0.6 is 11.6 Å². The number of amides is 1. The van der Waals surface area contributed by atoms with Gasteiger partial charge >= 0.3 is 0 Å². The largest absolute Gasteiger partial charge is 0.347 e. The molecular weight excluding hydrogens is 486 g/mol. The van der Waals surface area contributed by atoms with Crippen molar-refractivity contribution in [3.8, 4) is 0 Å². The molecule has 0 fully saturated rings. The van der Waals surface area contributed by atoms with Crippen molar-refractivity contribution in [3.05, 3.63) is 108 Å². The number of carbonyl (C=O) groups excluding carboxylic acids is 1. The van der Waals surface area contributed by atoms with Crippen LogP contribution in [0.1, 0.15) is 22.6 Å². The lowest BCUT2D eigenvalue weighted by Crippen LogP contribution is -2.18. The highest BCUT2D eigenvalue weighted by atomic mass is 35.5. The number of nitrogens with zero attached hydrogens (tertiary/aromatic N) is 6. The van der Waals surface area contributed by atoms with Gasteiger partial charge in [0.25, 0.3) is 5.91 Å². The second-order valence-electron chi connectivity index (χ2n) is 8.89. The second-order valence-corrected chi connectivity index (χ2v) is 9.33. The Kier molecular flexibility index (Phi) is 6.16. The first kappa shape index (κ1) is 23.0. The number of fused-ring (bicyclic) bond motifs is 2. The monoisotopic (exact) mass is 509 g/mol. The third-order valence-corrected chi connectivity index (χ3v) is 6.61. The molecule has 37 heavy (non-hydrogen) atoms. The summed E-state index contributed by atoms with van der Waals surface area (Å²) >= 11 is 6.28. The average Bonchev–Trinajstić information content (AvgIpc) is 3.65. The normalized spacial score (nSPS) is 11.4. The lowest BCUT2D eigenvalue weighted by atomic mass is 10.2. The van der Waals surface area contributed by atoms with Crippen molar-refractivity contribution in [2.24, 2.45) is 0 Å². The van der Waals surface area contributed by atoms with E-state index in [4.69, 9.17) is 11.6 Å². The predicted molar refractivity (Wildman–Crippen MR) is 145 cm³/mol. The second kappa shape index (κ2) is 9.91. The molecule has 3 aromatic carbocycles.